The van der Waals surface area contributed by atoms with Crippen molar-refractivity contribution in [3.8, 4) is 11.5 Å². The van der Waals surface area contributed by atoms with Gasteiger partial charge in [-0.05, 0) is 54.9 Å². The molecule has 1 atom stereocenters. The van der Waals surface area contributed by atoms with Gasteiger partial charge in [0.15, 0.2) is 0 Å². The average molecular weight is 314 g/mol. The lowest BCUT2D eigenvalue weighted by atomic mass is 9.90. The van der Waals surface area contributed by atoms with E-state index < -0.39 is 0 Å². The summed E-state index contributed by atoms with van der Waals surface area (Å²) in [5, 5.41) is 3.38. The Balaban J connectivity index is 2.16. The molecule has 1 aromatic rings. The number of methoxy groups -OCH3 is 1. The van der Waals surface area contributed by atoms with E-state index in [-0.39, 0.29) is 5.60 Å². The van der Waals surface area contributed by atoms with Crippen LogP contribution in [0.3, 0.4) is 0 Å². The molecular formula is C14H20BrNO2. The van der Waals surface area contributed by atoms with Crippen molar-refractivity contribution in [1.82, 2.24) is 5.32 Å². The first-order chi connectivity index (χ1) is 8.53. The first kappa shape index (κ1) is 13.7. The van der Waals surface area contributed by atoms with Crippen LogP contribution >= 0.6 is 15.9 Å². The van der Waals surface area contributed by atoms with E-state index in [1.807, 2.05) is 18.2 Å². The van der Waals surface area contributed by atoms with Crippen LogP contribution in [-0.2, 0) is 0 Å². The highest BCUT2D eigenvalue weighted by molar-refractivity contribution is 9.10. The van der Waals surface area contributed by atoms with Gasteiger partial charge >= 0.3 is 0 Å². The molecule has 4 heteroatoms. The third-order valence-corrected chi connectivity index (χ3v) is 4.21. The Bertz CT molecular complexity index is 414. The van der Waals surface area contributed by atoms with E-state index in [2.05, 4.69) is 35.1 Å². The Morgan fingerprint density at radius 2 is 2.17 bits per heavy atom. The van der Waals surface area contributed by atoms with Gasteiger partial charge in [-0.25, -0.2) is 0 Å². The highest BCUT2D eigenvalue weighted by atomic mass is 79.9. The van der Waals surface area contributed by atoms with Gasteiger partial charge in [0.2, 0.25) is 0 Å². The molecule has 1 fully saturated rings. The molecule has 0 aromatic heterocycles. The third-order valence-electron chi connectivity index (χ3n) is 3.55. The van der Waals surface area contributed by atoms with Crippen LogP contribution in [0.25, 0.3) is 0 Å². The topological polar surface area (TPSA) is 30.5 Å². The molecule has 0 spiro atoms. The van der Waals surface area contributed by atoms with Crippen LogP contribution < -0.4 is 14.8 Å². The molecule has 1 saturated heterocycles. The Morgan fingerprint density at radius 1 is 1.39 bits per heavy atom. The van der Waals surface area contributed by atoms with Gasteiger partial charge in [-0.2, -0.15) is 0 Å². The van der Waals surface area contributed by atoms with Crippen LogP contribution in [0.2, 0.25) is 0 Å². The maximum absolute atomic E-state index is 6.19. The summed E-state index contributed by atoms with van der Waals surface area (Å²) in [5.41, 5.74) is -0.182. The van der Waals surface area contributed by atoms with Gasteiger partial charge in [-0.1, -0.05) is 0 Å². The molecule has 0 aliphatic carbocycles. The van der Waals surface area contributed by atoms with Gasteiger partial charge in [-0.3, -0.25) is 0 Å². The summed E-state index contributed by atoms with van der Waals surface area (Å²) in [6.07, 6.45) is 1.16. The van der Waals surface area contributed by atoms with E-state index >= 15 is 0 Å². The van der Waals surface area contributed by atoms with E-state index in [0.29, 0.717) is 5.92 Å². The van der Waals surface area contributed by atoms with Gasteiger partial charge in [0.1, 0.15) is 17.1 Å². The van der Waals surface area contributed by atoms with Gasteiger partial charge in [0, 0.05) is 18.5 Å². The number of hydrogen-bond acceptors (Lipinski definition) is 3. The quantitative estimate of drug-likeness (QED) is 0.925. The van der Waals surface area contributed by atoms with Crippen LogP contribution in [-0.4, -0.2) is 25.8 Å². The Hall–Kier alpha value is -0.740. The number of benzene rings is 1. The summed E-state index contributed by atoms with van der Waals surface area (Å²) < 4.78 is 12.4. The van der Waals surface area contributed by atoms with Gasteiger partial charge in [-0.15, -0.1) is 0 Å². The lowest BCUT2D eigenvalue weighted by Gasteiger charge is -2.32. The van der Waals surface area contributed by atoms with E-state index in [1.54, 1.807) is 7.11 Å². The van der Waals surface area contributed by atoms with Crippen molar-refractivity contribution >= 4 is 15.9 Å². The third kappa shape index (κ3) is 2.98. The van der Waals surface area contributed by atoms with Crippen molar-refractivity contribution in [2.24, 2.45) is 5.92 Å². The Morgan fingerprint density at radius 3 is 2.78 bits per heavy atom. The highest BCUT2D eigenvalue weighted by Crippen LogP contribution is 2.35. The Labute approximate surface area is 117 Å². The van der Waals surface area contributed by atoms with Gasteiger partial charge in [0.25, 0.3) is 0 Å². The summed E-state index contributed by atoms with van der Waals surface area (Å²) in [5.74, 6) is 2.19. The minimum absolute atomic E-state index is 0.182. The fourth-order valence-corrected chi connectivity index (χ4v) is 2.63. The van der Waals surface area contributed by atoms with Crippen molar-refractivity contribution < 1.29 is 9.47 Å². The molecule has 1 N–H and O–H groups in total. The van der Waals surface area contributed by atoms with Crippen LogP contribution in [0.4, 0.5) is 0 Å². The molecule has 1 aliphatic heterocycles. The van der Waals surface area contributed by atoms with Crippen LogP contribution in [0.15, 0.2) is 22.7 Å². The number of ether oxygens (including phenoxy) is 2. The molecule has 100 valence electrons. The molecule has 0 amide bonds. The minimum atomic E-state index is -0.182. The molecule has 1 unspecified atom stereocenters. The summed E-state index contributed by atoms with van der Waals surface area (Å²) >= 11 is 3.52. The van der Waals surface area contributed by atoms with Crippen LogP contribution in [0.5, 0.6) is 11.5 Å². The van der Waals surface area contributed by atoms with Crippen molar-refractivity contribution in [2.75, 3.05) is 20.2 Å². The van der Waals surface area contributed by atoms with Crippen molar-refractivity contribution in [2.45, 2.75) is 25.9 Å². The molecule has 1 aromatic carbocycles. The number of halogens is 1. The maximum Gasteiger partial charge on any atom is 0.137 e. The molecular weight excluding hydrogens is 294 g/mol. The average Bonchev–Trinajstić information content (AvgIpc) is 2.86. The summed E-state index contributed by atoms with van der Waals surface area (Å²) in [6, 6.07) is 5.80. The zero-order valence-electron chi connectivity index (χ0n) is 11.1. The SMILES string of the molecule is COc1ccc(Br)c(OC(C)(C)C2CCNC2)c1. The maximum atomic E-state index is 6.19. The first-order valence-corrected chi connectivity index (χ1v) is 7.05. The fourth-order valence-electron chi connectivity index (χ4n) is 2.30. The minimum Gasteiger partial charge on any atom is -0.497 e. The zero-order valence-corrected chi connectivity index (χ0v) is 12.7. The highest BCUT2D eigenvalue weighted by Gasteiger charge is 2.34. The summed E-state index contributed by atoms with van der Waals surface area (Å²) in [7, 11) is 1.67. The van der Waals surface area contributed by atoms with E-state index in [4.69, 9.17) is 9.47 Å². The molecule has 18 heavy (non-hydrogen) atoms. The van der Waals surface area contributed by atoms with Gasteiger partial charge < -0.3 is 14.8 Å². The second-order valence-electron chi connectivity index (χ2n) is 5.19. The first-order valence-electron chi connectivity index (χ1n) is 6.26. The predicted molar refractivity (Wildman–Crippen MR) is 76.4 cm³/mol. The Kier molecular flexibility index (Phi) is 4.17. The van der Waals surface area contributed by atoms with Crippen molar-refractivity contribution in [1.29, 1.82) is 0 Å². The molecule has 2 rings (SSSR count). The lowest BCUT2D eigenvalue weighted by molar-refractivity contribution is 0.0514. The largest absolute Gasteiger partial charge is 0.497 e. The monoisotopic (exact) mass is 313 g/mol. The number of nitrogens with one attached hydrogen (secondary N) is 1. The normalized spacial score (nSPS) is 19.9. The molecule has 1 heterocycles. The van der Waals surface area contributed by atoms with Crippen LogP contribution in [0.1, 0.15) is 20.3 Å². The summed E-state index contributed by atoms with van der Waals surface area (Å²) in [6.45, 7) is 6.40. The molecule has 3 nitrogen and oxygen atoms in total. The van der Waals surface area contributed by atoms with Crippen LogP contribution in [0, 0.1) is 5.92 Å². The number of hydrogen-bond donors (Lipinski definition) is 1. The molecule has 0 bridgehead atoms. The van der Waals surface area contributed by atoms with Crippen molar-refractivity contribution in [3.05, 3.63) is 22.7 Å². The van der Waals surface area contributed by atoms with E-state index in [0.717, 1.165) is 35.5 Å². The standard InChI is InChI=1S/C14H20BrNO2/c1-14(2,10-6-7-16-9-10)18-13-8-11(17-3)4-5-12(13)15/h4-5,8,10,16H,6-7,9H2,1-3H3. The van der Waals surface area contributed by atoms with E-state index in [1.165, 1.54) is 0 Å². The lowest BCUT2D eigenvalue weighted by Crippen LogP contribution is -2.38. The summed E-state index contributed by atoms with van der Waals surface area (Å²) in [4.78, 5) is 0. The number of rotatable bonds is 4. The molecule has 0 radical (unpaired) electrons. The predicted octanol–water partition coefficient (Wildman–Crippen LogP) is 3.22. The zero-order chi connectivity index (χ0) is 13.2. The smallest absolute Gasteiger partial charge is 0.137 e. The van der Waals surface area contributed by atoms with E-state index in [9.17, 15) is 0 Å². The second kappa shape index (κ2) is 5.49. The van der Waals surface area contributed by atoms with Gasteiger partial charge in [0.05, 0.1) is 11.6 Å². The molecule has 1 aliphatic rings. The van der Waals surface area contributed by atoms with Crippen molar-refractivity contribution in [3.63, 3.8) is 0 Å². The fraction of sp³-hybridized carbons (Fsp3) is 0.571. The second-order valence-corrected chi connectivity index (χ2v) is 6.05. The molecule has 0 saturated carbocycles.